The standard InChI is InChI=1S/C14H16ClNO4/c1-4-20-12-6-5-10(15)7-11(12)16-13(17)8(2)9(3)14(18)19/h5-7H,4H2,1-3H3,(H,16,17)(H,18,19). The SMILES string of the molecule is CCOc1ccc(Cl)cc1NC(=O)C(C)=C(C)C(=O)O. The highest BCUT2D eigenvalue weighted by atomic mass is 35.5. The summed E-state index contributed by atoms with van der Waals surface area (Å²) in [5.74, 6) is -1.16. The number of nitrogens with one attached hydrogen (secondary N) is 1. The van der Waals surface area contributed by atoms with Crippen LogP contribution in [0.25, 0.3) is 0 Å². The van der Waals surface area contributed by atoms with Crippen molar-refractivity contribution in [2.45, 2.75) is 20.8 Å². The molecule has 0 aromatic heterocycles. The average Bonchev–Trinajstić information content (AvgIpc) is 2.40. The predicted octanol–water partition coefficient (Wildman–Crippen LogP) is 3.10. The van der Waals surface area contributed by atoms with E-state index < -0.39 is 11.9 Å². The van der Waals surface area contributed by atoms with Gasteiger partial charge in [0.05, 0.1) is 12.3 Å². The second-order valence-electron chi connectivity index (χ2n) is 4.08. The summed E-state index contributed by atoms with van der Waals surface area (Å²) in [5.41, 5.74) is 0.518. The Bertz CT molecular complexity index is 566. The summed E-state index contributed by atoms with van der Waals surface area (Å²) < 4.78 is 5.37. The highest BCUT2D eigenvalue weighted by molar-refractivity contribution is 6.31. The van der Waals surface area contributed by atoms with E-state index in [0.29, 0.717) is 23.1 Å². The third-order valence-corrected chi connectivity index (χ3v) is 2.95. The zero-order valence-corrected chi connectivity index (χ0v) is 12.2. The molecule has 5 nitrogen and oxygen atoms in total. The van der Waals surface area contributed by atoms with Gasteiger partial charge in [0.15, 0.2) is 0 Å². The molecule has 0 radical (unpaired) electrons. The highest BCUT2D eigenvalue weighted by Gasteiger charge is 2.15. The van der Waals surface area contributed by atoms with E-state index in [4.69, 9.17) is 21.4 Å². The molecule has 0 aliphatic rings. The van der Waals surface area contributed by atoms with Gasteiger partial charge in [-0.1, -0.05) is 11.6 Å². The van der Waals surface area contributed by atoms with Crippen molar-refractivity contribution < 1.29 is 19.4 Å². The van der Waals surface area contributed by atoms with Crippen molar-refractivity contribution in [3.63, 3.8) is 0 Å². The highest BCUT2D eigenvalue weighted by Crippen LogP contribution is 2.28. The van der Waals surface area contributed by atoms with Crippen LogP contribution in [0.3, 0.4) is 0 Å². The quantitative estimate of drug-likeness (QED) is 0.819. The lowest BCUT2D eigenvalue weighted by atomic mass is 10.1. The summed E-state index contributed by atoms with van der Waals surface area (Å²) in [6, 6.07) is 4.84. The van der Waals surface area contributed by atoms with Crippen molar-refractivity contribution in [3.8, 4) is 5.75 Å². The number of carbonyl (C=O) groups is 2. The zero-order chi connectivity index (χ0) is 15.3. The van der Waals surface area contributed by atoms with Crippen molar-refractivity contribution in [1.82, 2.24) is 0 Å². The second kappa shape index (κ2) is 6.96. The van der Waals surface area contributed by atoms with Crippen LogP contribution in [-0.2, 0) is 9.59 Å². The first-order valence-corrected chi connectivity index (χ1v) is 6.39. The minimum absolute atomic E-state index is 0.0116. The Labute approximate surface area is 122 Å². The number of halogens is 1. The van der Waals surface area contributed by atoms with Gasteiger partial charge in [0.25, 0.3) is 5.91 Å². The molecule has 20 heavy (non-hydrogen) atoms. The number of carbonyl (C=O) groups excluding carboxylic acids is 1. The molecular formula is C14H16ClNO4. The second-order valence-corrected chi connectivity index (χ2v) is 4.52. The van der Waals surface area contributed by atoms with Crippen molar-refractivity contribution >= 4 is 29.2 Å². The van der Waals surface area contributed by atoms with Crippen molar-refractivity contribution in [1.29, 1.82) is 0 Å². The third-order valence-electron chi connectivity index (χ3n) is 2.71. The lowest BCUT2D eigenvalue weighted by Gasteiger charge is -2.12. The van der Waals surface area contributed by atoms with E-state index in [2.05, 4.69) is 5.32 Å². The molecule has 2 N–H and O–H groups in total. The fourth-order valence-electron chi connectivity index (χ4n) is 1.43. The molecule has 1 aromatic rings. The Hall–Kier alpha value is -2.01. The number of carboxylic acid groups (broad SMARTS) is 1. The molecule has 0 aliphatic heterocycles. The van der Waals surface area contributed by atoms with E-state index in [1.54, 1.807) is 18.2 Å². The summed E-state index contributed by atoms with van der Waals surface area (Å²) >= 11 is 5.88. The van der Waals surface area contributed by atoms with E-state index >= 15 is 0 Å². The van der Waals surface area contributed by atoms with Crippen LogP contribution >= 0.6 is 11.6 Å². The number of anilines is 1. The van der Waals surface area contributed by atoms with Crippen LogP contribution in [0.2, 0.25) is 5.02 Å². The number of benzene rings is 1. The Morgan fingerprint density at radius 1 is 1.30 bits per heavy atom. The van der Waals surface area contributed by atoms with Crippen LogP contribution in [0.4, 0.5) is 5.69 Å². The first-order chi connectivity index (χ1) is 9.36. The molecule has 0 unspecified atom stereocenters. The fraction of sp³-hybridized carbons (Fsp3) is 0.286. The van der Waals surface area contributed by atoms with Gasteiger partial charge >= 0.3 is 5.97 Å². The van der Waals surface area contributed by atoms with Gasteiger partial charge in [-0.3, -0.25) is 4.79 Å². The van der Waals surface area contributed by atoms with E-state index in [0.717, 1.165) is 0 Å². The van der Waals surface area contributed by atoms with Crippen LogP contribution in [0.15, 0.2) is 29.3 Å². The molecule has 0 fully saturated rings. The Kier molecular flexibility index (Phi) is 5.58. The molecule has 0 aliphatic carbocycles. The molecule has 0 heterocycles. The van der Waals surface area contributed by atoms with Crippen LogP contribution in [-0.4, -0.2) is 23.6 Å². The molecule has 1 rings (SSSR count). The van der Waals surface area contributed by atoms with Crippen LogP contribution < -0.4 is 10.1 Å². The van der Waals surface area contributed by atoms with Gasteiger partial charge in [-0.2, -0.15) is 0 Å². The smallest absolute Gasteiger partial charge is 0.331 e. The summed E-state index contributed by atoms with van der Waals surface area (Å²) in [6.07, 6.45) is 0. The van der Waals surface area contributed by atoms with Crippen LogP contribution in [0.1, 0.15) is 20.8 Å². The third kappa shape index (κ3) is 3.99. The molecule has 0 saturated heterocycles. The maximum Gasteiger partial charge on any atom is 0.331 e. The number of ether oxygens (including phenoxy) is 1. The molecule has 1 amide bonds. The summed E-state index contributed by atoms with van der Waals surface area (Å²) in [6.45, 7) is 5.08. The maximum atomic E-state index is 12.0. The largest absolute Gasteiger partial charge is 0.492 e. The number of hydrogen-bond donors (Lipinski definition) is 2. The minimum Gasteiger partial charge on any atom is -0.492 e. The molecule has 1 aromatic carbocycles. The minimum atomic E-state index is -1.13. The molecular weight excluding hydrogens is 282 g/mol. The van der Waals surface area contributed by atoms with Crippen LogP contribution in [0, 0.1) is 0 Å². The predicted molar refractivity (Wildman–Crippen MR) is 77.3 cm³/mol. The Morgan fingerprint density at radius 2 is 1.95 bits per heavy atom. The fourth-order valence-corrected chi connectivity index (χ4v) is 1.60. The number of hydrogen-bond acceptors (Lipinski definition) is 3. The van der Waals surface area contributed by atoms with Gasteiger partial charge in [-0.25, -0.2) is 4.79 Å². The normalized spacial score (nSPS) is 11.6. The van der Waals surface area contributed by atoms with Gasteiger partial charge in [0.1, 0.15) is 5.75 Å². The molecule has 0 atom stereocenters. The van der Waals surface area contributed by atoms with Gasteiger partial charge < -0.3 is 15.2 Å². The molecule has 108 valence electrons. The van der Waals surface area contributed by atoms with Gasteiger partial charge in [-0.05, 0) is 39.0 Å². The summed E-state index contributed by atoms with van der Waals surface area (Å²) in [4.78, 5) is 22.8. The lowest BCUT2D eigenvalue weighted by Crippen LogP contribution is -2.17. The average molecular weight is 298 g/mol. The zero-order valence-electron chi connectivity index (χ0n) is 11.5. The first-order valence-electron chi connectivity index (χ1n) is 6.01. The summed E-state index contributed by atoms with van der Waals surface area (Å²) in [7, 11) is 0. The molecule has 0 spiro atoms. The monoisotopic (exact) mass is 297 g/mol. The lowest BCUT2D eigenvalue weighted by molar-refractivity contribution is -0.133. The Morgan fingerprint density at radius 3 is 2.50 bits per heavy atom. The van der Waals surface area contributed by atoms with Gasteiger partial charge in [0, 0.05) is 16.2 Å². The van der Waals surface area contributed by atoms with Crippen molar-refractivity contribution in [3.05, 3.63) is 34.4 Å². The molecule has 0 bridgehead atoms. The van der Waals surface area contributed by atoms with Crippen molar-refractivity contribution in [2.75, 3.05) is 11.9 Å². The number of carboxylic acids is 1. The van der Waals surface area contributed by atoms with Gasteiger partial charge in [-0.15, -0.1) is 0 Å². The van der Waals surface area contributed by atoms with E-state index in [1.165, 1.54) is 13.8 Å². The van der Waals surface area contributed by atoms with E-state index in [1.807, 2.05) is 6.92 Å². The maximum absolute atomic E-state index is 12.0. The van der Waals surface area contributed by atoms with Crippen LogP contribution in [0.5, 0.6) is 5.75 Å². The number of amides is 1. The first kappa shape index (κ1) is 16.0. The number of aliphatic carboxylic acids is 1. The molecule has 0 saturated carbocycles. The molecule has 6 heteroatoms. The van der Waals surface area contributed by atoms with E-state index in [9.17, 15) is 9.59 Å². The van der Waals surface area contributed by atoms with E-state index in [-0.39, 0.29) is 11.1 Å². The topological polar surface area (TPSA) is 75.6 Å². The number of rotatable bonds is 5. The van der Waals surface area contributed by atoms with Gasteiger partial charge in [0.2, 0.25) is 0 Å². The van der Waals surface area contributed by atoms with Crippen molar-refractivity contribution in [2.24, 2.45) is 0 Å². The Balaban J connectivity index is 3.04. The summed E-state index contributed by atoms with van der Waals surface area (Å²) in [5, 5.41) is 11.9.